The van der Waals surface area contributed by atoms with Gasteiger partial charge >= 0.3 is 5.97 Å². The molecule has 208 valence electrons. The highest BCUT2D eigenvalue weighted by atomic mass is 79.9. The second-order valence-electron chi connectivity index (χ2n) is 8.69. The normalized spacial score (nSPS) is 15.8. The molecule has 0 atom stereocenters. The number of phenolic OH excluding ortho intramolecular Hbond substituents is 1. The summed E-state index contributed by atoms with van der Waals surface area (Å²) in [5.41, 5.74) is 2.73. The summed E-state index contributed by atoms with van der Waals surface area (Å²) in [6.07, 6.45) is 4.87. The molecule has 1 aromatic heterocycles. The van der Waals surface area contributed by atoms with Crippen LogP contribution in [-0.4, -0.2) is 49.4 Å². The molecule has 0 unspecified atom stereocenters. The number of nitrogens with one attached hydrogen (secondary N) is 3. The molecule has 12 heteroatoms. The predicted molar refractivity (Wildman–Crippen MR) is 157 cm³/mol. The Kier molecular flexibility index (Phi) is 8.93. The molecular weight excluding hydrogens is 598 g/mol. The number of phenols is 1. The Morgan fingerprint density at radius 1 is 1.20 bits per heavy atom. The Bertz CT molecular complexity index is 1640. The molecule has 3 aromatic rings. The molecule has 1 aliphatic rings. The zero-order valence-corrected chi connectivity index (χ0v) is 24.2. The average Bonchev–Trinajstić information content (AvgIpc) is 3.47. The molecule has 40 heavy (non-hydrogen) atoms. The molecule has 0 saturated carbocycles. The topological polar surface area (TPSA) is 136 Å². The maximum Gasteiger partial charge on any atom is 0.355 e. The number of methoxy groups -OCH3 is 1. The largest absolute Gasteiger partial charge is 0.507 e. The van der Waals surface area contributed by atoms with Crippen LogP contribution < -0.4 is 10.0 Å². The van der Waals surface area contributed by atoms with E-state index in [1.165, 1.54) is 19.4 Å². The van der Waals surface area contributed by atoms with E-state index < -0.39 is 16.0 Å². The van der Waals surface area contributed by atoms with Gasteiger partial charge in [0.25, 0.3) is 0 Å². The Balaban J connectivity index is 1.56. The number of carbonyl (C=O) groups excluding carboxylic acids is 1. The number of rotatable bonds is 9. The number of hydrogen-bond donors (Lipinski definition) is 4. The summed E-state index contributed by atoms with van der Waals surface area (Å²) in [4.78, 5) is 21.0. The Labute approximate surface area is 241 Å². The molecule has 1 aliphatic heterocycles. The van der Waals surface area contributed by atoms with Crippen molar-refractivity contribution in [2.24, 2.45) is 4.99 Å². The zero-order valence-electron chi connectivity index (χ0n) is 21.8. The van der Waals surface area contributed by atoms with Gasteiger partial charge in [-0.15, -0.1) is 0 Å². The van der Waals surface area contributed by atoms with Gasteiger partial charge in [-0.25, -0.2) is 17.9 Å². The third-order valence-electron chi connectivity index (χ3n) is 6.07. The van der Waals surface area contributed by atoms with E-state index in [0.717, 1.165) is 15.6 Å². The number of esters is 1. The Morgan fingerprint density at radius 2 is 1.95 bits per heavy atom. The minimum Gasteiger partial charge on any atom is -0.507 e. The Morgan fingerprint density at radius 3 is 2.67 bits per heavy atom. The first-order valence-electron chi connectivity index (χ1n) is 12.0. The van der Waals surface area contributed by atoms with E-state index in [1.54, 1.807) is 24.3 Å². The van der Waals surface area contributed by atoms with E-state index in [9.17, 15) is 18.3 Å². The molecule has 10 nitrogen and oxygen atoms in total. The highest BCUT2D eigenvalue weighted by Crippen LogP contribution is 2.29. The molecule has 4 N–H and O–H groups in total. The number of H-pyrrole nitrogens is 1. The number of amidine groups is 1. The van der Waals surface area contributed by atoms with Crippen LogP contribution in [0.25, 0.3) is 5.70 Å². The zero-order chi connectivity index (χ0) is 28.9. The summed E-state index contributed by atoms with van der Waals surface area (Å²) in [6, 6.07) is 15.7. The number of ether oxygens (including phenoxy) is 1. The number of carbonyl (C=O) groups is 1. The van der Waals surface area contributed by atoms with Crippen LogP contribution in [0, 0.1) is 0 Å². The minimum absolute atomic E-state index is 0.0128. The quantitative estimate of drug-likeness (QED) is 0.262. The summed E-state index contributed by atoms with van der Waals surface area (Å²) >= 11 is 3.52. The second kappa shape index (κ2) is 12.4. The van der Waals surface area contributed by atoms with E-state index in [2.05, 4.69) is 42.3 Å². The fraction of sp³-hybridized carbons (Fsp3) is 0.143. The number of benzene rings is 2. The number of allylic oxidation sites excluding steroid dienone is 2. The van der Waals surface area contributed by atoms with Crippen molar-refractivity contribution in [3.63, 3.8) is 0 Å². The van der Waals surface area contributed by atoms with Gasteiger partial charge in [0.05, 0.1) is 23.8 Å². The second-order valence-corrected chi connectivity index (χ2v) is 11.3. The third kappa shape index (κ3) is 6.36. The number of likely N-dealkylation sites (N-methyl/N-ethyl adjacent to an activating group) is 1. The van der Waals surface area contributed by atoms with E-state index in [0.29, 0.717) is 29.5 Å². The summed E-state index contributed by atoms with van der Waals surface area (Å²) in [7, 11) is -0.931. The smallest absolute Gasteiger partial charge is 0.355 e. The molecule has 4 rings (SSSR count). The van der Waals surface area contributed by atoms with Crippen LogP contribution in [0.1, 0.15) is 27.2 Å². The van der Waals surface area contributed by atoms with Gasteiger partial charge in [-0.05, 0) is 45.3 Å². The molecule has 2 heterocycles. The average molecular weight is 627 g/mol. The van der Waals surface area contributed by atoms with Crippen molar-refractivity contribution >= 4 is 43.5 Å². The predicted octanol–water partition coefficient (Wildman–Crippen LogP) is 4.21. The van der Waals surface area contributed by atoms with Crippen molar-refractivity contribution < 1.29 is 23.1 Å². The van der Waals surface area contributed by atoms with Crippen LogP contribution in [0.15, 0.2) is 99.7 Å². The first-order chi connectivity index (χ1) is 19.1. The third-order valence-corrected chi connectivity index (χ3v) is 8.22. The van der Waals surface area contributed by atoms with Crippen LogP contribution in [0.5, 0.6) is 5.75 Å². The summed E-state index contributed by atoms with van der Waals surface area (Å²) in [6.45, 7) is 4.16. The maximum atomic E-state index is 12.8. The van der Waals surface area contributed by atoms with Crippen LogP contribution in [0.3, 0.4) is 0 Å². The number of nitrogens with zero attached hydrogens (tertiary/aromatic N) is 2. The molecule has 0 radical (unpaired) electrons. The van der Waals surface area contributed by atoms with Gasteiger partial charge in [0.2, 0.25) is 10.0 Å². The molecule has 2 aromatic carbocycles. The first kappa shape index (κ1) is 28.9. The first-order valence-corrected chi connectivity index (χ1v) is 14.3. The van der Waals surface area contributed by atoms with E-state index >= 15 is 0 Å². The lowest BCUT2D eigenvalue weighted by Gasteiger charge is -2.31. The van der Waals surface area contributed by atoms with Gasteiger partial charge in [-0.3, -0.25) is 4.99 Å². The fourth-order valence-corrected chi connectivity index (χ4v) is 5.55. The number of aromatic amines is 1. The van der Waals surface area contributed by atoms with Gasteiger partial charge < -0.3 is 25.0 Å². The van der Waals surface area contributed by atoms with E-state index in [1.807, 2.05) is 48.4 Å². The summed E-state index contributed by atoms with van der Waals surface area (Å²) < 4.78 is 33.6. The number of sulfonamides is 1. The van der Waals surface area contributed by atoms with Crippen molar-refractivity contribution in [2.45, 2.75) is 18.0 Å². The van der Waals surface area contributed by atoms with Crippen LogP contribution in [0.2, 0.25) is 0 Å². The van der Waals surface area contributed by atoms with Crippen LogP contribution >= 0.6 is 15.9 Å². The van der Waals surface area contributed by atoms with E-state index in [4.69, 9.17) is 4.99 Å². The monoisotopic (exact) mass is 625 g/mol. The highest BCUT2D eigenvalue weighted by Gasteiger charge is 2.25. The Hall–Kier alpha value is -4.13. The van der Waals surface area contributed by atoms with Gasteiger partial charge in [0.15, 0.2) is 0 Å². The minimum atomic E-state index is -3.97. The maximum absolute atomic E-state index is 12.8. The number of para-hydroxylation sites is 1. The highest BCUT2D eigenvalue weighted by molar-refractivity contribution is 9.11. The fourth-order valence-electron chi connectivity index (χ4n) is 4.01. The summed E-state index contributed by atoms with van der Waals surface area (Å²) in [5, 5.41) is 13.7. The molecule has 0 spiro atoms. The van der Waals surface area contributed by atoms with Crippen LogP contribution in [0.4, 0.5) is 0 Å². The van der Waals surface area contributed by atoms with Crippen molar-refractivity contribution in [1.82, 2.24) is 19.9 Å². The van der Waals surface area contributed by atoms with Gasteiger partial charge in [-0.2, -0.15) is 0 Å². The lowest BCUT2D eigenvalue weighted by Crippen LogP contribution is -2.37. The standard InChI is InChI=1S/C28H28BrN5O5S/c1-4-21(29)27-33-22(20-10-5-6-11-23(20)35)15-25(34(27)2)31-16-18-8-7-9-19(14-18)17-32-40(37,38)24-12-13-30-26(24)28(36)39-3/h4-15,30,32-33,35H,1,16-17H2,2-3H3/b27-21+,31-25?. The number of halogens is 1. The van der Waals surface area contributed by atoms with Gasteiger partial charge in [0, 0.05) is 31.4 Å². The molecular formula is C28H28BrN5O5S. The number of aromatic nitrogens is 1. The lowest BCUT2D eigenvalue weighted by molar-refractivity contribution is 0.0590. The van der Waals surface area contributed by atoms with Crippen molar-refractivity contribution in [3.05, 3.63) is 112 Å². The van der Waals surface area contributed by atoms with Crippen molar-refractivity contribution in [1.29, 1.82) is 0 Å². The van der Waals surface area contributed by atoms with Crippen molar-refractivity contribution in [3.8, 4) is 5.75 Å². The summed E-state index contributed by atoms with van der Waals surface area (Å²) in [5.74, 6) is 0.702. The molecule has 0 fully saturated rings. The number of aromatic hydroxyl groups is 1. The van der Waals surface area contributed by atoms with Crippen molar-refractivity contribution in [2.75, 3.05) is 14.2 Å². The number of aliphatic imine (C=N–C) groups is 1. The van der Waals surface area contributed by atoms with Gasteiger partial charge in [-0.1, -0.05) is 49.1 Å². The molecule has 0 saturated heterocycles. The molecule has 0 aliphatic carbocycles. The van der Waals surface area contributed by atoms with Gasteiger partial charge in [0.1, 0.15) is 28.0 Å². The lowest BCUT2D eigenvalue weighted by atomic mass is 10.1. The molecule has 0 amide bonds. The van der Waals surface area contributed by atoms with E-state index in [-0.39, 0.29) is 22.9 Å². The molecule has 0 bridgehead atoms. The number of hydrogen-bond acceptors (Lipinski definition) is 7. The van der Waals surface area contributed by atoms with Crippen LogP contribution in [-0.2, 0) is 27.8 Å². The SMILES string of the molecule is C=C/C(Br)=C1/NC(c2ccccc2O)=CC(=NCc2cccc(CNS(=O)(=O)c3cc[nH]c3C(=O)OC)c2)N1C.